The number of aromatic nitrogens is 4. The summed E-state index contributed by atoms with van der Waals surface area (Å²) in [6.07, 6.45) is 7.35. The van der Waals surface area contributed by atoms with Crippen LogP contribution in [0.15, 0.2) is 30.7 Å². The van der Waals surface area contributed by atoms with Crippen LogP contribution in [0.3, 0.4) is 0 Å². The van der Waals surface area contributed by atoms with E-state index in [2.05, 4.69) is 52.0 Å². The summed E-state index contributed by atoms with van der Waals surface area (Å²) >= 11 is 0. The highest BCUT2D eigenvalue weighted by atomic mass is 19.1. The van der Waals surface area contributed by atoms with Gasteiger partial charge in [-0.15, -0.1) is 0 Å². The highest BCUT2D eigenvalue weighted by Gasteiger charge is 2.49. The Bertz CT molecular complexity index is 1350. The van der Waals surface area contributed by atoms with Crippen LogP contribution in [0.2, 0.25) is 0 Å². The first-order valence-corrected chi connectivity index (χ1v) is 13.6. The number of hydrogen-bond acceptors (Lipinski definition) is 9. The van der Waals surface area contributed by atoms with Gasteiger partial charge in [0.05, 0.1) is 18.2 Å². The van der Waals surface area contributed by atoms with Crippen LogP contribution in [0, 0.1) is 0 Å². The van der Waals surface area contributed by atoms with Crippen molar-refractivity contribution in [3.05, 3.63) is 36.3 Å². The molecule has 3 aliphatic rings. The highest BCUT2D eigenvalue weighted by molar-refractivity contribution is 5.96. The van der Waals surface area contributed by atoms with E-state index >= 15 is 0 Å². The maximum Gasteiger partial charge on any atom is 0.227 e. The average molecular weight is 521 g/mol. The number of rotatable bonds is 5. The van der Waals surface area contributed by atoms with Gasteiger partial charge < -0.3 is 25.1 Å². The zero-order valence-electron chi connectivity index (χ0n) is 22.7. The monoisotopic (exact) mass is 520 g/mol. The van der Waals surface area contributed by atoms with Crippen LogP contribution < -0.4 is 15.1 Å². The predicted molar refractivity (Wildman–Crippen MR) is 148 cm³/mol. The van der Waals surface area contributed by atoms with Gasteiger partial charge in [-0.05, 0) is 62.2 Å². The number of aliphatic hydroxyl groups excluding tert-OH is 1. The van der Waals surface area contributed by atoms with E-state index < -0.39 is 11.8 Å². The molecular formula is C28H37FN8O. The lowest BCUT2D eigenvalue weighted by molar-refractivity contribution is -0.00860. The average Bonchev–Trinajstić information content (AvgIpc) is 3.29. The molecule has 3 aromatic heterocycles. The molecule has 6 rings (SSSR count). The van der Waals surface area contributed by atoms with Gasteiger partial charge in [-0.3, -0.25) is 0 Å². The van der Waals surface area contributed by atoms with Gasteiger partial charge in [-0.2, -0.15) is 4.98 Å². The van der Waals surface area contributed by atoms with Crippen molar-refractivity contribution in [1.82, 2.24) is 24.8 Å². The fourth-order valence-electron chi connectivity index (χ4n) is 6.25. The molecule has 202 valence electrons. The summed E-state index contributed by atoms with van der Waals surface area (Å²) < 4.78 is 14.8. The number of likely N-dealkylation sites (tertiary alicyclic amines) is 1. The summed E-state index contributed by atoms with van der Waals surface area (Å²) in [5, 5.41) is 15.5. The number of aliphatic hydroxyl groups is 1. The Balaban J connectivity index is 1.30. The van der Waals surface area contributed by atoms with Crippen molar-refractivity contribution in [2.75, 3.05) is 54.9 Å². The third-order valence-corrected chi connectivity index (χ3v) is 8.61. The Morgan fingerprint density at radius 2 is 1.87 bits per heavy atom. The number of alkyl halides is 1. The van der Waals surface area contributed by atoms with E-state index in [1.54, 1.807) is 17.2 Å². The van der Waals surface area contributed by atoms with E-state index in [1.807, 2.05) is 12.4 Å². The number of anilines is 4. The van der Waals surface area contributed by atoms with Crippen molar-refractivity contribution in [2.45, 2.75) is 63.3 Å². The molecule has 0 aromatic carbocycles. The first-order valence-electron chi connectivity index (χ1n) is 13.6. The number of likely N-dealkylation sites (N-methyl/N-ethyl adjacent to an activating group) is 1. The Morgan fingerprint density at radius 1 is 1.05 bits per heavy atom. The van der Waals surface area contributed by atoms with Gasteiger partial charge in [0.15, 0.2) is 5.67 Å². The highest BCUT2D eigenvalue weighted by Crippen LogP contribution is 2.44. The van der Waals surface area contributed by atoms with Crippen LogP contribution >= 0.6 is 0 Å². The van der Waals surface area contributed by atoms with Crippen molar-refractivity contribution < 1.29 is 9.50 Å². The molecule has 0 saturated carbocycles. The molecule has 3 atom stereocenters. The van der Waals surface area contributed by atoms with Crippen molar-refractivity contribution in [2.24, 2.45) is 0 Å². The maximum absolute atomic E-state index is 14.8. The van der Waals surface area contributed by atoms with E-state index in [4.69, 9.17) is 9.97 Å². The van der Waals surface area contributed by atoms with Crippen molar-refractivity contribution >= 4 is 34.2 Å². The third-order valence-electron chi connectivity index (χ3n) is 8.61. The largest absolute Gasteiger partial charge is 0.390 e. The minimum absolute atomic E-state index is 0.0488. The molecule has 0 amide bonds. The number of piperidine rings is 1. The second-order valence-electron chi connectivity index (χ2n) is 11.8. The fraction of sp³-hybridized carbons (Fsp3) is 0.571. The third kappa shape index (κ3) is 4.33. The summed E-state index contributed by atoms with van der Waals surface area (Å²) in [5.41, 5.74) is -0.333. The van der Waals surface area contributed by atoms with Crippen molar-refractivity contribution in [3.8, 4) is 0 Å². The van der Waals surface area contributed by atoms with Crippen LogP contribution in [0.25, 0.3) is 10.8 Å². The van der Waals surface area contributed by atoms with Gasteiger partial charge >= 0.3 is 0 Å². The summed E-state index contributed by atoms with van der Waals surface area (Å²) in [4.78, 5) is 25.4. The second kappa shape index (κ2) is 9.27. The molecule has 6 heterocycles. The first kappa shape index (κ1) is 25.2. The molecule has 3 fully saturated rings. The van der Waals surface area contributed by atoms with Gasteiger partial charge in [0.25, 0.3) is 0 Å². The summed E-state index contributed by atoms with van der Waals surface area (Å²) in [6.45, 7) is 9.56. The summed E-state index contributed by atoms with van der Waals surface area (Å²) in [5.74, 6) is 3.04. The lowest BCUT2D eigenvalue weighted by Crippen LogP contribution is -2.61. The van der Waals surface area contributed by atoms with Crippen molar-refractivity contribution in [3.63, 3.8) is 0 Å². The van der Waals surface area contributed by atoms with E-state index in [-0.39, 0.29) is 12.1 Å². The quantitative estimate of drug-likeness (QED) is 0.520. The topological polar surface area (TPSA) is 93.5 Å². The van der Waals surface area contributed by atoms with Crippen LogP contribution in [-0.2, 0) is 0 Å². The second-order valence-corrected chi connectivity index (χ2v) is 11.8. The molecule has 3 saturated heterocycles. The van der Waals surface area contributed by atoms with Gasteiger partial charge in [0.2, 0.25) is 5.95 Å². The number of halogens is 1. The molecule has 0 radical (unpaired) electrons. The lowest BCUT2D eigenvalue weighted by atomic mass is 9.83. The van der Waals surface area contributed by atoms with Gasteiger partial charge in [-0.1, -0.05) is 13.8 Å². The Kier molecular flexibility index (Phi) is 6.14. The van der Waals surface area contributed by atoms with Crippen LogP contribution in [0.4, 0.5) is 27.8 Å². The molecule has 1 spiro atoms. The molecule has 2 N–H and O–H groups in total. The maximum atomic E-state index is 14.8. The SMILES string of the molecule is CC(C)c1cnc(N2CC[C@@]23CCN(C)C3)c2cnc(Nc3ccnc(N4CC[C@@H](O)[C@@](C)(F)C4)n3)cc12. The Labute approximate surface area is 223 Å². The van der Waals surface area contributed by atoms with Crippen LogP contribution in [0.5, 0.6) is 0 Å². The molecule has 0 unspecified atom stereocenters. The summed E-state index contributed by atoms with van der Waals surface area (Å²) in [7, 11) is 2.20. The van der Waals surface area contributed by atoms with E-state index in [0.717, 1.165) is 36.2 Å². The molecule has 0 aliphatic carbocycles. The molecule has 3 aliphatic heterocycles. The van der Waals surface area contributed by atoms with E-state index in [1.165, 1.54) is 25.3 Å². The molecule has 3 aromatic rings. The van der Waals surface area contributed by atoms with Crippen LogP contribution in [0.1, 0.15) is 51.5 Å². The Hall–Kier alpha value is -3.11. The van der Waals surface area contributed by atoms with Crippen molar-refractivity contribution in [1.29, 1.82) is 0 Å². The number of nitrogens with zero attached hydrogens (tertiary/aromatic N) is 7. The summed E-state index contributed by atoms with van der Waals surface area (Å²) in [6, 6.07) is 3.87. The minimum Gasteiger partial charge on any atom is -0.390 e. The fourth-order valence-corrected chi connectivity index (χ4v) is 6.25. The van der Waals surface area contributed by atoms with Gasteiger partial charge in [0, 0.05) is 50.2 Å². The predicted octanol–water partition coefficient (Wildman–Crippen LogP) is 3.87. The normalized spacial score (nSPS) is 27.9. The smallest absolute Gasteiger partial charge is 0.227 e. The number of nitrogens with one attached hydrogen (secondary N) is 1. The molecule has 38 heavy (non-hydrogen) atoms. The van der Waals surface area contributed by atoms with Gasteiger partial charge in [0.1, 0.15) is 17.5 Å². The molecule has 9 nitrogen and oxygen atoms in total. The zero-order chi connectivity index (χ0) is 26.7. The standard InChI is InChI=1S/C28H37FN8O/c1-18(2)20-14-32-25(37-12-8-28(37)7-11-35(4)17-28)21-15-31-24(13-19(20)21)33-23-5-9-30-26(34-23)36-10-6-22(38)27(3,29)16-36/h5,9,13-15,18,22,38H,6-8,10-12,16-17H2,1-4H3,(H,30,31,33,34)/t22-,27+,28-/m1/s1. The van der Waals surface area contributed by atoms with E-state index in [0.29, 0.717) is 36.5 Å². The first-order chi connectivity index (χ1) is 18.1. The molecular weight excluding hydrogens is 483 g/mol. The Morgan fingerprint density at radius 3 is 2.55 bits per heavy atom. The number of hydrogen-bond donors (Lipinski definition) is 2. The van der Waals surface area contributed by atoms with Gasteiger partial charge in [-0.25, -0.2) is 19.3 Å². The number of pyridine rings is 2. The minimum atomic E-state index is -1.70. The number of fused-ring (bicyclic) bond motifs is 1. The molecule has 10 heteroatoms. The van der Waals surface area contributed by atoms with Crippen LogP contribution in [-0.4, -0.2) is 87.0 Å². The zero-order valence-corrected chi connectivity index (χ0v) is 22.7. The lowest BCUT2D eigenvalue weighted by Gasteiger charge is -2.52. The molecule has 0 bridgehead atoms. The van der Waals surface area contributed by atoms with E-state index in [9.17, 15) is 9.50 Å².